The molecule has 0 aliphatic heterocycles. The lowest BCUT2D eigenvalue weighted by molar-refractivity contribution is 0.400. The summed E-state index contributed by atoms with van der Waals surface area (Å²) in [5.74, 6) is 0.110. The van der Waals surface area contributed by atoms with Crippen LogP contribution in [-0.4, -0.2) is 16.7 Å². The SMILES string of the molecule is COc1cnc(Cl)n(Cc2ccccc2C#N)c1=O. The molecule has 0 bridgehead atoms. The van der Waals surface area contributed by atoms with Gasteiger partial charge in [0.25, 0.3) is 5.56 Å². The molecule has 0 saturated carbocycles. The van der Waals surface area contributed by atoms with Crippen molar-refractivity contribution in [3.05, 3.63) is 57.2 Å². The van der Waals surface area contributed by atoms with Gasteiger partial charge < -0.3 is 4.74 Å². The van der Waals surface area contributed by atoms with E-state index < -0.39 is 0 Å². The predicted molar refractivity (Wildman–Crippen MR) is 70.3 cm³/mol. The van der Waals surface area contributed by atoms with Crippen LogP contribution in [0.15, 0.2) is 35.3 Å². The normalized spacial score (nSPS) is 9.95. The van der Waals surface area contributed by atoms with Gasteiger partial charge in [-0.25, -0.2) is 4.98 Å². The fourth-order valence-electron chi connectivity index (χ4n) is 1.67. The second-order valence-electron chi connectivity index (χ2n) is 3.76. The molecular weight excluding hydrogens is 266 g/mol. The molecule has 0 spiro atoms. The van der Waals surface area contributed by atoms with Crippen LogP contribution in [-0.2, 0) is 6.54 Å². The Hall–Kier alpha value is -2.32. The molecule has 0 saturated heterocycles. The number of nitriles is 1. The summed E-state index contributed by atoms with van der Waals surface area (Å²) in [6, 6.07) is 9.07. The summed E-state index contributed by atoms with van der Waals surface area (Å²) in [6.45, 7) is 0.172. The van der Waals surface area contributed by atoms with Crippen molar-refractivity contribution in [2.24, 2.45) is 0 Å². The summed E-state index contributed by atoms with van der Waals surface area (Å²) >= 11 is 5.92. The summed E-state index contributed by atoms with van der Waals surface area (Å²) in [4.78, 5) is 15.9. The van der Waals surface area contributed by atoms with Gasteiger partial charge in [-0.1, -0.05) is 18.2 Å². The highest BCUT2D eigenvalue weighted by Gasteiger charge is 2.11. The van der Waals surface area contributed by atoms with E-state index in [0.717, 1.165) is 0 Å². The van der Waals surface area contributed by atoms with Crippen LogP contribution in [0.2, 0.25) is 5.28 Å². The van der Waals surface area contributed by atoms with E-state index in [1.54, 1.807) is 24.3 Å². The van der Waals surface area contributed by atoms with E-state index in [1.807, 2.05) is 0 Å². The minimum absolute atomic E-state index is 0.0542. The Bertz CT molecular complexity index is 704. The van der Waals surface area contributed by atoms with E-state index in [2.05, 4.69) is 11.1 Å². The van der Waals surface area contributed by atoms with Gasteiger partial charge in [0.15, 0.2) is 0 Å². The lowest BCUT2D eigenvalue weighted by Crippen LogP contribution is -2.23. The van der Waals surface area contributed by atoms with Crippen LogP contribution in [0.4, 0.5) is 0 Å². The summed E-state index contributed by atoms with van der Waals surface area (Å²) < 4.78 is 6.18. The number of nitrogens with zero attached hydrogens (tertiary/aromatic N) is 3. The van der Waals surface area contributed by atoms with Gasteiger partial charge in [0.1, 0.15) is 0 Å². The van der Waals surface area contributed by atoms with Gasteiger partial charge in [-0.2, -0.15) is 5.26 Å². The number of halogens is 1. The van der Waals surface area contributed by atoms with Crippen LogP contribution < -0.4 is 10.3 Å². The number of aromatic nitrogens is 2. The highest BCUT2D eigenvalue weighted by molar-refractivity contribution is 6.28. The first-order valence-electron chi connectivity index (χ1n) is 5.44. The number of benzene rings is 1. The van der Waals surface area contributed by atoms with Gasteiger partial charge in [0.05, 0.1) is 31.5 Å². The van der Waals surface area contributed by atoms with Crippen molar-refractivity contribution in [1.29, 1.82) is 5.26 Å². The molecule has 0 N–H and O–H groups in total. The van der Waals surface area contributed by atoms with Crippen LogP contribution in [0.1, 0.15) is 11.1 Å². The molecule has 0 amide bonds. The van der Waals surface area contributed by atoms with Crippen molar-refractivity contribution in [1.82, 2.24) is 9.55 Å². The van der Waals surface area contributed by atoms with Crippen molar-refractivity contribution in [2.45, 2.75) is 6.54 Å². The van der Waals surface area contributed by atoms with E-state index in [9.17, 15) is 4.79 Å². The maximum absolute atomic E-state index is 12.1. The van der Waals surface area contributed by atoms with Gasteiger partial charge in [0, 0.05) is 0 Å². The third kappa shape index (κ3) is 2.59. The Morgan fingerprint density at radius 1 is 1.47 bits per heavy atom. The predicted octanol–water partition coefficient (Wildman–Crippen LogP) is 1.83. The minimum atomic E-state index is -0.379. The Morgan fingerprint density at radius 3 is 2.89 bits per heavy atom. The van der Waals surface area contributed by atoms with Gasteiger partial charge in [-0.05, 0) is 23.2 Å². The number of methoxy groups -OCH3 is 1. The topological polar surface area (TPSA) is 67.9 Å². The summed E-state index contributed by atoms with van der Waals surface area (Å²) in [5.41, 5.74) is 0.813. The van der Waals surface area contributed by atoms with E-state index in [-0.39, 0.29) is 23.1 Å². The Balaban J connectivity index is 2.50. The molecule has 6 heteroatoms. The van der Waals surface area contributed by atoms with Gasteiger partial charge in [0.2, 0.25) is 11.0 Å². The van der Waals surface area contributed by atoms with Crippen molar-refractivity contribution in [3.8, 4) is 11.8 Å². The Labute approximate surface area is 114 Å². The van der Waals surface area contributed by atoms with E-state index >= 15 is 0 Å². The fraction of sp³-hybridized carbons (Fsp3) is 0.154. The lowest BCUT2D eigenvalue weighted by Gasteiger charge is -2.10. The van der Waals surface area contributed by atoms with Crippen LogP contribution in [0.25, 0.3) is 0 Å². The first-order valence-corrected chi connectivity index (χ1v) is 5.82. The zero-order valence-electron chi connectivity index (χ0n) is 10.1. The molecule has 0 aliphatic rings. The smallest absolute Gasteiger partial charge is 0.297 e. The molecule has 0 radical (unpaired) electrons. The number of hydrogen-bond acceptors (Lipinski definition) is 4. The van der Waals surface area contributed by atoms with Crippen LogP contribution in [0, 0.1) is 11.3 Å². The molecule has 96 valence electrons. The highest BCUT2D eigenvalue weighted by Crippen LogP contribution is 2.13. The molecule has 1 aromatic heterocycles. The van der Waals surface area contributed by atoms with Gasteiger partial charge in [-0.3, -0.25) is 9.36 Å². The third-order valence-corrected chi connectivity index (χ3v) is 2.95. The first-order chi connectivity index (χ1) is 9.17. The fourth-order valence-corrected chi connectivity index (χ4v) is 1.85. The first kappa shape index (κ1) is 13.1. The minimum Gasteiger partial charge on any atom is -0.490 e. The third-order valence-electron chi connectivity index (χ3n) is 2.65. The van der Waals surface area contributed by atoms with Crippen molar-refractivity contribution in [3.63, 3.8) is 0 Å². The summed E-state index contributed by atoms with van der Waals surface area (Å²) in [7, 11) is 1.39. The van der Waals surface area contributed by atoms with Crippen LogP contribution in [0.3, 0.4) is 0 Å². The van der Waals surface area contributed by atoms with Gasteiger partial charge in [-0.15, -0.1) is 0 Å². The molecule has 5 nitrogen and oxygen atoms in total. The van der Waals surface area contributed by atoms with Crippen molar-refractivity contribution < 1.29 is 4.74 Å². The largest absolute Gasteiger partial charge is 0.490 e. The number of rotatable bonds is 3. The molecule has 19 heavy (non-hydrogen) atoms. The van der Waals surface area contributed by atoms with Crippen molar-refractivity contribution in [2.75, 3.05) is 7.11 Å². The Kier molecular flexibility index (Phi) is 3.83. The Morgan fingerprint density at radius 2 is 2.21 bits per heavy atom. The molecule has 0 aliphatic carbocycles. The summed E-state index contributed by atoms with van der Waals surface area (Å²) in [5, 5.41) is 9.08. The maximum Gasteiger partial charge on any atom is 0.297 e. The van der Waals surface area contributed by atoms with Crippen molar-refractivity contribution >= 4 is 11.6 Å². The van der Waals surface area contributed by atoms with Crippen LogP contribution >= 0.6 is 11.6 Å². The zero-order chi connectivity index (χ0) is 13.8. The average Bonchev–Trinajstić information content (AvgIpc) is 2.44. The van der Waals surface area contributed by atoms with Crippen LogP contribution in [0.5, 0.6) is 5.75 Å². The molecule has 2 aromatic rings. The zero-order valence-corrected chi connectivity index (χ0v) is 10.9. The molecule has 0 unspecified atom stereocenters. The number of hydrogen-bond donors (Lipinski definition) is 0. The van der Waals surface area contributed by atoms with E-state index in [0.29, 0.717) is 11.1 Å². The average molecular weight is 276 g/mol. The molecule has 0 atom stereocenters. The molecular formula is C13H10ClN3O2. The maximum atomic E-state index is 12.1. The highest BCUT2D eigenvalue weighted by atomic mass is 35.5. The van der Waals surface area contributed by atoms with Gasteiger partial charge >= 0.3 is 0 Å². The molecule has 1 heterocycles. The molecule has 0 fully saturated rings. The number of ether oxygens (including phenoxy) is 1. The summed E-state index contributed by atoms with van der Waals surface area (Å²) in [6.07, 6.45) is 1.28. The second kappa shape index (κ2) is 5.55. The second-order valence-corrected chi connectivity index (χ2v) is 4.09. The molecule has 1 aromatic carbocycles. The quantitative estimate of drug-likeness (QED) is 0.802. The monoisotopic (exact) mass is 275 g/mol. The lowest BCUT2D eigenvalue weighted by atomic mass is 10.1. The van der Waals surface area contributed by atoms with E-state index in [1.165, 1.54) is 17.9 Å². The molecule has 2 rings (SSSR count). The van der Waals surface area contributed by atoms with E-state index in [4.69, 9.17) is 21.6 Å². The standard InChI is InChI=1S/C13H10ClN3O2/c1-19-11-7-16-13(14)17(12(11)18)8-10-5-3-2-4-9(10)6-15/h2-5,7H,8H2,1H3.